The first-order chi connectivity index (χ1) is 32.6. The number of ether oxygens (including phenoxy) is 2. The Morgan fingerprint density at radius 3 is 1.23 bits per heavy atom. The SMILES string of the molecule is O=C(C(/C=C/c1ccccc1)c1ccc(Oc2ncnc3c2ncn3Cc2ccccc2)cc1)C(/C=C/c1ccccc1)c1ccc(Oc2ncnc3c2ncn3Cc2ccccc2)cc1. The maximum atomic E-state index is 15.2. The Labute approximate surface area is 381 Å². The molecule has 0 radical (unpaired) electrons. The standard InChI is InChI=1S/C55H42N8O3/c64-51(47(31-21-39-13-5-1-6-14-39)43-23-27-45(28-24-43)65-54-49-52(56-35-58-54)62(37-60-49)33-41-17-9-3-10-18-41)48(32-22-40-15-7-2-8-16-40)44-25-29-46(30-26-44)66-55-50-53(57-36-59-55)63(38-61-50)34-42-19-11-4-12-20-42/h1-32,35-38,47-48H,33-34H2/b31-21+,32-22+. The molecule has 0 N–H and O–H groups in total. The second kappa shape index (κ2) is 19.3. The van der Waals surface area contributed by atoms with Gasteiger partial charge in [0.25, 0.3) is 11.8 Å². The van der Waals surface area contributed by atoms with Crippen LogP contribution in [-0.2, 0) is 17.9 Å². The van der Waals surface area contributed by atoms with Gasteiger partial charge in [-0.2, -0.15) is 9.97 Å². The molecule has 0 bridgehead atoms. The summed E-state index contributed by atoms with van der Waals surface area (Å²) in [5.74, 6) is 0.526. The summed E-state index contributed by atoms with van der Waals surface area (Å²) in [6.07, 6.45) is 14.4. The lowest BCUT2D eigenvalue weighted by Gasteiger charge is -2.20. The van der Waals surface area contributed by atoms with Gasteiger partial charge >= 0.3 is 0 Å². The maximum absolute atomic E-state index is 15.2. The molecule has 0 aliphatic rings. The van der Waals surface area contributed by atoms with E-state index in [-0.39, 0.29) is 5.78 Å². The lowest BCUT2D eigenvalue weighted by atomic mass is 9.82. The fourth-order valence-corrected chi connectivity index (χ4v) is 7.85. The molecule has 0 amide bonds. The van der Waals surface area contributed by atoms with E-state index in [1.807, 2.05) is 179 Å². The molecule has 4 aromatic heterocycles. The van der Waals surface area contributed by atoms with Gasteiger partial charge in [0, 0.05) is 0 Å². The molecule has 2 atom stereocenters. The van der Waals surface area contributed by atoms with Crippen molar-refractivity contribution >= 4 is 40.3 Å². The fraction of sp³-hybridized carbons (Fsp3) is 0.0727. The molecule has 6 aromatic carbocycles. The van der Waals surface area contributed by atoms with Gasteiger partial charge in [-0.25, -0.2) is 19.9 Å². The zero-order valence-corrected chi connectivity index (χ0v) is 35.7. The van der Waals surface area contributed by atoms with E-state index in [2.05, 4.69) is 54.2 Å². The first kappa shape index (κ1) is 41.2. The highest BCUT2D eigenvalue weighted by Gasteiger charge is 2.27. The van der Waals surface area contributed by atoms with Crippen LogP contribution in [0.25, 0.3) is 34.5 Å². The number of benzene rings is 6. The van der Waals surface area contributed by atoms with Crippen LogP contribution in [0.2, 0.25) is 0 Å². The number of hydrogen-bond donors (Lipinski definition) is 0. The molecule has 11 nitrogen and oxygen atoms in total. The van der Waals surface area contributed by atoms with E-state index in [0.717, 1.165) is 33.4 Å². The van der Waals surface area contributed by atoms with Crippen LogP contribution in [0.4, 0.5) is 0 Å². The molecule has 0 aliphatic heterocycles. The minimum atomic E-state index is -0.625. The quantitative estimate of drug-likeness (QED) is 0.0934. The molecular weight excluding hydrogens is 821 g/mol. The average molecular weight is 863 g/mol. The van der Waals surface area contributed by atoms with Crippen molar-refractivity contribution in [3.8, 4) is 23.3 Å². The summed E-state index contributed by atoms with van der Waals surface area (Å²) in [5, 5.41) is 0. The molecule has 0 spiro atoms. The number of ketones is 1. The van der Waals surface area contributed by atoms with E-state index in [4.69, 9.17) is 9.47 Å². The summed E-state index contributed by atoms with van der Waals surface area (Å²) in [7, 11) is 0. The molecule has 10 rings (SSSR count). The topological polar surface area (TPSA) is 123 Å². The van der Waals surface area contributed by atoms with Crippen molar-refractivity contribution in [1.29, 1.82) is 0 Å². The molecular formula is C55H42N8O3. The summed E-state index contributed by atoms with van der Waals surface area (Å²) < 4.78 is 16.6. The first-order valence-electron chi connectivity index (χ1n) is 21.6. The minimum Gasteiger partial charge on any atom is -0.437 e. The molecule has 11 heteroatoms. The van der Waals surface area contributed by atoms with Crippen LogP contribution in [0, 0.1) is 0 Å². The van der Waals surface area contributed by atoms with E-state index in [1.54, 1.807) is 12.7 Å². The van der Waals surface area contributed by atoms with Crippen LogP contribution < -0.4 is 9.47 Å². The monoisotopic (exact) mass is 862 g/mol. The second-order valence-corrected chi connectivity index (χ2v) is 15.7. The molecule has 10 aromatic rings. The maximum Gasteiger partial charge on any atom is 0.250 e. The number of imidazole rings is 2. The average Bonchev–Trinajstić information content (AvgIpc) is 3.98. The third kappa shape index (κ3) is 9.41. The Kier molecular flexibility index (Phi) is 12.0. The third-order valence-electron chi connectivity index (χ3n) is 11.2. The summed E-state index contributed by atoms with van der Waals surface area (Å²) in [6.45, 7) is 1.23. The molecule has 320 valence electrons. The van der Waals surface area contributed by atoms with Gasteiger partial charge in [0.2, 0.25) is 0 Å². The largest absolute Gasteiger partial charge is 0.437 e. The number of hydrogen-bond acceptors (Lipinski definition) is 9. The van der Waals surface area contributed by atoms with E-state index < -0.39 is 11.8 Å². The Hall–Kier alpha value is -8.83. The van der Waals surface area contributed by atoms with Gasteiger partial charge in [0.05, 0.1) is 37.6 Å². The molecule has 0 saturated heterocycles. The van der Waals surface area contributed by atoms with E-state index >= 15 is 4.79 Å². The van der Waals surface area contributed by atoms with Gasteiger partial charge in [0.1, 0.15) is 24.2 Å². The molecule has 0 aliphatic carbocycles. The smallest absolute Gasteiger partial charge is 0.250 e. The van der Waals surface area contributed by atoms with Crippen LogP contribution in [0.5, 0.6) is 23.3 Å². The number of fused-ring (bicyclic) bond motifs is 2. The normalized spacial score (nSPS) is 12.5. The summed E-state index contributed by atoms with van der Waals surface area (Å²) in [4.78, 5) is 42.3. The number of carbonyl (C=O) groups excluding carboxylic acids is 1. The highest BCUT2D eigenvalue weighted by Crippen LogP contribution is 2.34. The Balaban J connectivity index is 0.934. The van der Waals surface area contributed by atoms with Crippen LogP contribution in [0.3, 0.4) is 0 Å². The van der Waals surface area contributed by atoms with Gasteiger partial charge in [-0.15, -0.1) is 0 Å². The van der Waals surface area contributed by atoms with Crippen LogP contribution in [0.1, 0.15) is 45.2 Å². The van der Waals surface area contributed by atoms with Gasteiger partial charge < -0.3 is 18.6 Å². The van der Waals surface area contributed by atoms with Crippen molar-refractivity contribution in [3.63, 3.8) is 0 Å². The molecule has 66 heavy (non-hydrogen) atoms. The van der Waals surface area contributed by atoms with Crippen molar-refractivity contribution < 1.29 is 14.3 Å². The van der Waals surface area contributed by atoms with Gasteiger partial charge in [-0.05, 0) is 57.6 Å². The van der Waals surface area contributed by atoms with Gasteiger partial charge in [0.15, 0.2) is 28.1 Å². The summed E-state index contributed by atoms with van der Waals surface area (Å²) >= 11 is 0. The minimum absolute atomic E-state index is 0.0142. The highest BCUT2D eigenvalue weighted by atomic mass is 16.5. The summed E-state index contributed by atoms with van der Waals surface area (Å²) in [5.41, 5.74) is 8.29. The summed E-state index contributed by atoms with van der Waals surface area (Å²) in [6, 6.07) is 55.4. The number of aromatic nitrogens is 8. The Morgan fingerprint density at radius 1 is 0.455 bits per heavy atom. The van der Waals surface area contributed by atoms with E-state index in [9.17, 15) is 0 Å². The number of allylic oxidation sites excluding steroid dienone is 2. The first-order valence-corrected chi connectivity index (χ1v) is 21.6. The van der Waals surface area contributed by atoms with Gasteiger partial charge in [-0.3, -0.25) is 4.79 Å². The van der Waals surface area contributed by atoms with Crippen LogP contribution in [-0.4, -0.2) is 44.8 Å². The fourth-order valence-electron chi connectivity index (χ4n) is 7.85. The van der Waals surface area contributed by atoms with Gasteiger partial charge in [-0.1, -0.05) is 170 Å². The molecule has 4 heterocycles. The predicted molar refractivity (Wildman–Crippen MR) is 256 cm³/mol. The number of Topliss-reactive ketones (excluding diaryl/α,β-unsaturated/α-hetero) is 1. The molecule has 2 unspecified atom stereocenters. The van der Waals surface area contributed by atoms with Crippen LogP contribution >= 0.6 is 0 Å². The third-order valence-corrected chi connectivity index (χ3v) is 11.2. The molecule has 0 saturated carbocycles. The highest BCUT2D eigenvalue weighted by molar-refractivity contribution is 5.96. The van der Waals surface area contributed by atoms with Crippen molar-refractivity contribution in [3.05, 3.63) is 241 Å². The molecule has 0 fully saturated rings. The van der Waals surface area contributed by atoms with Crippen LogP contribution in [0.15, 0.2) is 207 Å². The van der Waals surface area contributed by atoms with E-state index in [0.29, 0.717) is 58.7 Å². The number of rotatable bonds is 16. The predicted octanol–water partition coefficient (Wildman–Crippen LogP) is 11.5. The van der Waals surface area contributed by atoms with Crippen molar-refractivity contribution in [2.24, 2.45) is 0 Å². The lowest BCUT2D eigenvalue weighted by molar-refractivity contribution is -0.120. The zero-order chi connectivity index (χ0) is 44.5. The second-order valence-electron chi connectivity index (χ2n) is 15.7. The van der Waals surface area contributed by atoms with Crippen molar-refractivity contribution in [2.75, 3.05) is 0 Å². The Bertz CT molecular complexity index is 3040. The van der Waals surface area contributed by atoms with E-state index in [1.165, 1.54) is 12.7 Å². The van der Waals surface area contributed by atoms with Crippen molar-refractivity contribution in [1.82, 2.24) is 39.0 Å². The number of nitrogens with zero attached hydrogens (tertiary/aromatic N) is 8. The lowest BCUT2D eigenvalue weighted by Crippen LogP contribution is -2.18. The van der Waals surface area contributed by atoms with Crippen molar-refractivity contribution in [2.45, 2.75) is 24.9 Å². The number of carbonyl (C=O) groups is 1. The Morgan fingerprint density at radius 2 is 0.833 bits per heavy atom. The zero-order valence-electron chi connectivity index (χ0n) is 35.7.